The highest BCUT2D eigenvalue weighted by molar-refractivity contribution is 5.87. The summed E-state index contributed by atoms with van der Waals surface area (Å²) < 4.78 is 0. The Morgan fingerprint density at radius 3 is 2.40 bits per heavy atom. The van der Waals surface area contributed by atoms with E-state index in [-0.39, 0.29) is 0 Å². The Morgan fingerprint density at radius 2 is 1.85 bits per heavy atom. The summed E-state index contributed by atoms with van der Waals surface area (Å²) in [7, 11) is 0. The number of carboxylic acids is 1. The van der Waals surface area contributed by atoms with Gasteiger partial charge in [-0.1, -0.05) is 44.1 Å². The number of hydrogen-bond donors (Lipinski definition) is 1. The average molecular weight is 272 g/mol. The molecule has 2 heteroatoms. The molecule has 1 aliphatic rings. The van der Waals surface area contributed by atoms with Crippen molar-refractivity contribution in [2.24, 2.45) is 11.8 Å². The lowest BCUT2D eigenvalue weighted by Crippen LogP contribution is -2.12. The van der Waals surface area contributed by atoms with Gasteiger partial charge in [-0.2, -0.15) is 0 Å². The van der Waals surface area contributed by atoms with Crippen LogP contribution in [0.4, 0.5) is 0 Å². The van der Waals surface area contributed by atoms with E-state index < -0.39 is 5.97 Å². The van der Waals surface area contributed by atoms with Crippen LogP contribution in [0.5, 0.6) is 0 Å². The second-order valence-electron chi connectivity index (χ2n) is 5.86. The molecular weight excluding hydrogens is 248 g/mol. The van der Waals surface area contributed by atoms with E-state index in [1.165, 1.54) is 38.5 Å². The van der Waals surface area contributed by atoms with E-state index in [1.54, 1.807) is 12.1 Å². The van der Waals surface area contributed by atoms with Crippen molar-refractivity contribution in [3.8, 4) is 0 Å². The molecule has 1 saturated carbocycles. The smallest absolute Gasteiger partial charge is 0.335 e. The first-order valence-electron chi connectivity index (χ1n) is 7.70. The normalized spacial score (nSPS) is 23.1. The van der Waals surface area contributed by atoms with Crippen molar-refractivity contribution in [2.75, 3.05) is 0 Å². The molecule has 2 nitrogen and oxygen atoms in total. The highest BCUT2D eigenvalue weighted by atomic mass is 16.4. The molecule has 1 fully saturated rings. The number of aromatic carboxylic acids is 1. The molecule has 108 valence electrons. The van der Waals surface area contributed by atoms with Gasteiger partial charge in [-0.05, 0) is 55.2 Å². The molecule has 0 unspecified atom stereocenters. The zero-order valence-corrected chi connectivity index (χ0v) is 12.2. The molecule has 0 aliphatic heterocycles. The van der Waals surface area contributed by atoms with Crippen LogP contribution in [0.15, 0.2) is 30.3 Å². The molecule has 1 N–H and O–H groups in total. The van der Waals surface area contributed by atoms with Gasteiger partial charge in [-0.25, -0.2) is 4.79 Å². The largest absolute Gasteiger partial charge is 0.478 e. The number of carbonyl (C=O) groups is 1. The average Bonchev–Trinajstić information content (AvgIpc) is 2.47. The van der Waals surface area contributed by atoms with Gasteiger partial charge in [0.1, 0.15) is 0 Å². The lowest BCUT2D eigenvalue weighted by molar-refractivity contribution is 0.0697. The minimum atomic E-state index is -0.866. The van der Waals surface area contributed by atoms with Crippen molar-refractivity contribution < 1.29 is 9.90 Å². The molecule has 2 rings (SSSR count). The molecule has 0 radical (unpaired) electrons. The number of carboxylic acid groups (broad SMARTS) is 1. The van der Waals surface area contributed by atoms with Crippen LogP contribution in [0, 0.1) is 11.8 Å². The minimum absolute atomic E-state index is 0.349. The van der Waals surface area contributed by atoms with Crippen LogP contribution in [0.2, 0.25) is 0 Å². The van der Waals surface area contributed by atoms with E-state index in [2.05, 4.69) is 19.1 Å². The third-order valence-corrected chi connectivity index (χ3v) is 4.31. The van der Waals surface area contributed by atoms with E-state index in [0.29, 0.717) is 11.5 Å². The van der Waals surface area contributed by atoms with Crippen molar-refractivity contribution in [1.82, 2.24) is 0 Å². The van der Waals surface area contributed by atoms with Gasteiger partial charge in [0.2, 0.25) is 0 Å². The summed E-state index contributed by atoms with van der Waals surface area (Å²) in [6.45, 7) is 2.27. The summed E-state index contributed by atoms with van der Waals surface area (Å²) in [5, 5.41) is 8.86. The summed E-state index contributed by atoms with van der Waals surface area (Å²) in [6, 6.07) is 7.09. The number of allylic oxidation sites excluding steroid dienone is 1. The molecule has 1 aromatic carbocycles. The summed E-state index contributed by atoms with van der Waals surface area (Å²) in [6.07, 6.45) is 12.5. The Hall–Kier alpha value is -1.57. The fourth-order valence-electron chi connectivity index (χ4n) is 3.06. The summed E-state index contributed by atoms with van der Waals surface area (Å²) in [5.41, 5.74) is 1.44. The van der Waals surface area contributed by atoms with Crippen molar-refractivity contribution in [1.29, 1.82) is 0 Å². The van der Waals surface area contributed by atoms with Gasteiger partial charge in [0, 0.05) is 0 Å². The van der Waals surface area contributed by atoms with Gasteiger partial charge in [0.15, 0.2) is 0 Å². The maximum Gasteiger partial charge on any atom is 0.335 e. The second kappa shape index (κ2) is 7.28. The van der Waals surface area contributed by atoms with E-state index in [0.717, 1.165) is 11.5 Å². The van der Waals surface area contributed by atoms with Crippen LogP contribution in [-0.2, 0) is 0 Å². The van der Waals surface area contributed by atoms with Crippen LogP contribution < -0.4 is 0 Å². The Labute approximate surface area is 121 Å². The van der Waals surface area contributed by atoms with Crippen LogP contribution in [0.3, 0.4) is 0 Å². The summed E-state index contributed by atoms with van der Waals surface area (Å²) in [4.78, 5) is 10.8. The lowest BCUT2D eigenvalue weighted by atomic mass is 9.80. The molecular formula is C18H24O2. The molecule has 0 heterocycles. The van der Waals surface area contributed by atoms with E-state index in [4.69, 9.17) is 5.11 Å². The zero-order chi connectivity index (χ0) is 14.4. The highest BCUT2D eigenvalue weighted by Gasteiger charge is 2.18. The first kappa shape index (κ1) is 14.8. The van der Waals surface area contributed by atoms with Gasteiger partial charge in [0.05, 0.1) is 5.56 Å². The van der Waals surface area contributed by atoms with Crippen molar-refractivity contribution in [3.05, 3.63) is 41.5 Å². The topological polar surface area (TPSA) is 37.3 Å². The minimum Gasteiger partial charge on any atom is -0.478 e. The predicted octanol–water partition coefficient (Wildman–Crippen LogP) is 5.00. The Balaban J connectivity index is 1.85. The maximum atomic E-state index is 10.8. The van der Waals surface area contributed by atoms with E-state index >= 15 is 0 Å². The monoisotopic (exact) mass is 272 g/mol. The van der Waals surface area contributed by atoms with Gasteiger partial charge >= 0.3 is 5.97 Å². The highest BCUT2D eigenvalue weighted by Crippen LogP contribution is 2.32. The van der Waals surface area contributed by atoms with Crippen LogP contribution in [0.1, 0.15) is 61.4 Å². The Morgan fingerprint density at radius 1 is 1.20 bits per heavy atom. The van der Waals surface area contributed by atoms with Crippen molar-refractivity contribution >= 4 is 12.0 Å². The molecule has 1 aliphatic carbocycles. The van der Waals surface area contributed by atoms with Crippen LogP contribution >= 0.6 is 0 Å². The number of hydrogen-bond acceptors (Lipinski definition) is 1. The van der Waals surface area contributed by atoms with Crippen LogP contribution in [-0.4, -0.2) is 11.1 Å². The molecule has 0 spiro atoms. The number of rotatable bonds is 5. The van der Waals surface area contributed by atoms with E-state index in [1.807, 2.05) is 12.1 Å². The van der Waals surface area contributed by atoms with Gasteiger partial charge in [-0.3, -0.25) is 0 Å². The quantitative estimate of drug-likeness (QED) is 0.818. The summed E-state index contributed by atoms with van der Waals surface area (Å²) in [5.74, 6) is 0.775. The molecule has 1 aromatic rings. The fraction of sp³-hybridized carbons (Fsp3) is 0.500. The molecule has 20 heavy (non-hydrogen) atoms. The van der Waals surface area contributed by atoms with E-state index in [9.17, 15) is 4.79 Å². The Kier molecular flexibility index (Phi) is 5.40. The SMILES string of the molecule is CCCC1CCC(C=Cc2ccc(C(=O)O)cc2)CC1. The molecule has 0 amide bonds. The summed E-state index contributed by atoms with van der Waals surface area (Å²) >= 11 is 0. The third-order valence-electron chi connectivity index (χ3n) is 4.31. The van der Waals surface area contributed by atoms with Gasteiger partial charge in [-0.15, -0.1) is 0 Å². The predicted molar refractivity (Wildman–Crippen MR) is 82.8 cm³/mol. The Bertz CT molecular complexity index is 451. The van der Waals surface area contributed by atoms with Gasteiger partial charge < -0.3 is 5.11 Å². The van der Waals surface area contributed by atoms with Gasteiger partial charge in [0.25, 0.3) is 0 Å². The maximum absolute atomic E-state index is 10.8. The molecule has 0 atom stereocenters. The van der Waals surface area contributed by atoms with Crippen LogP contribution in [0.25, 0.3) is 6.08 Å². The molecule has 0 aromatic heterocycles. The number of benzene rings is 1. The second-order valence-corrected chi connectivity index (χ2v) is 5.86. The molecule has 0 bridgehead atoms. The van der Waals surface area contributed by atoms with Crippen molar-refractivity contribution in [2.45, 2.75) is 45.4 Å². The van der Waals surface area contributed by atoms with Crippen molar-refractivity contribution in [3.63, 3.8) is 0 Å². The fourth-order valence-corrected chi connectivity index (χ4v) is 3.06. The lowest BCUT2D eigenvalue weighted by Gasteiger charge is -2.26. The first-order valence-corrected chi connectivity index (χ1v) is 7.70. The zero-order valence-electron chi connectivity index (χ0n) is 12.2. The third kappa shape index (κ3) is 4.22. The standard InChI is InChI=1S/C18H24O2/c1-2-3-14-4-6-15(7-5-14)8-9-16-10-12-17(13-11-16)18(19)20/h8-15H,2-7H2,1H3,(H,19,20). The first-order chi connectivity index (χ1) is 9.69. The molecule has 0 saturated heterocycles.